The quantitative estimate of drug-likeness (QED) is 0.230. The van der Waals surface area contributed by atoms with E-state index in [4.69, 9.17) is 30.6 Å². The Bertz CT molecular complexity index is 1770. The third-order valence-electron chi connectivity index (χ3n) is 5.70. The molecule has 5 rings (SSSR count). The van der Waals surface area contributed by atoms with Crippen molar-refractivity contribution in [2.75, 3.05) is 7.11 Å². The number of carboxylic acids is 1. The van der Waals surface area contributed by atoms with Gasteiger partial charge in [0.2, 0.25) is 5.82 Å². The van der Waals surface area contributed by atoms with Gasteiger partial charge in [0.05, 0.1) is 39.1 Å². The molecule has 3 aromatic carbocycles. The number of hydrogen-bond acceptors (Lipinski definition) is 7. The van der Waals surface area contributed by atoms with Crippen molar-refractivity contribution >= 4 is 61.6 Å². The van der Waals surface area contributed by atoms with Gasteiger partial charge in [-0.2, -0.15) is 9.78 Å². The Balaban J connectivity index is 1.63. The number of halogens is 2. The zero-order valence-electron chi connectivity index (χ0n) is 20.0. The number of para-hydroxylation sites is 1. The second kappa shape index (κ2) is 10.3. The van der Waals surface area contributed by atoms with Gasteiger partial charge in [0.15, 0.2) is 17.6 Å². The van der Waals surface area contributed by atoms with Crippen molar-refractivity contribution in [2.24, 2.45) is 5.10 Å². The van der Waals surface area contributed by atoms with Crippen molar-refractivity contribution in [3.8, 4) is 23.1 Å². The first kappa shape index (κ1) is 25.5. The van der Waals surface area contributed by atoms with Crippen LogP contribution >= 0.6 is 27.5 Å². The highest BCUT2D eigenvalue weighted by atomic mass is 79.9. The summed E-state index contributed by atoms with van der Waals surface area (Å²) in [7, 11) is 1.57. The number of benzene rings is 3. The maximum Gasteiger partial charge on any atom is 0.344 e. The molecular weight excluding hydrogens is 578 g/mol. The highest BCUT2D eigenvalue weighted by Crippen LogP contribution is 2.35. The van der Waals surface area contributed by atoms with Crippen molar-refractivity contribution in [3.05, 3.63) is 86.1 Å². The van der Waals surface area contributed by atoms with E-state index >= 15 is 0 Å². The smallest absolute Gasteiger partial charge is 0.344 e. The summed E-state index contributed by atoms with van der Waals surface area (Å²) in [5.41, 5.74) is 1.19. The number of ether oxygens (including phenoxy) is 2. The van der Waals surface area contributed by atoms with Crippen LogP contribution in [0.4, 0.5) is 0 Å². The average Bonchev–Trinajstić information content (AvgIpc) is 3.34. The van der Waals surface area contributed by atoms with Crippen LogP contribution in [0.5, 0.6) is 11.5 Å². The van der Waals surface area contributed by atoms with E-state index < -0.39 is 17.6 Å². The lowest BCUT2D eigenvalue weighted by atomic mass is 10.2. The highest BCUT2D eigenvalue weighted by Gasteiger charge is 2.19. The lowest BCUT2D eigenvalue weighted by molar-refractivity contribution is -0.144. The molecule has 0 amide bonds. The Morgan fingerprint density at radius 3 is 2.71 bits per heavy atom. The van der Waals surface area contributed by atoms with Crippen LogP contribution in [0, 0.1) is 0 Å². The molecule has 0 spiro atoms. The second-order valence-electron chi connectivity index (χ2n) is 8.21. The number of aromatic nitrogens is 2. The predicted molar refractivity (Wildman–Crippen MR) is 148 cm³/mol. The van der Waals surface area contributed by atoms with Crippen molar-refractivity contribution in [2.45, 2.75) is 13.0 Å². The van der Waals surface area contributed by atoms with E-state index in [1.807, 2.05) is 6.07 Å². The molecule has 5 aromatic rings. The van der Waals surface area contributed by atoms with Gasteiger partial charge in [-0.15, -0.1) is 0 Å². The third kappa shape index (κ3) is 4.75. The minimum atomic E-state index is -1.13. The summed E-state index contributed by atoms with van der Waals surface area (Å²) in [5.74, 6) is 0.200. The van der Waals surface area contributed by atoms with Crippen molar-refractivity contribution < 1.29 is 23.8 Å². The van der Waals surface area contributed by atoms with E-state index in [9.17, 15) is 9.59 Å². The van der Waals surface area contributed by atoms with Crippen LogP contribution < -0.4 is 15.0 Å². The second-order valence-corrected chi connectivity index (χ2v) is 9.47. The van der Waals surface area contributed by atoms with Gasteiger partial charge in [0, 0.05) is 0 Å². The van der Waals surface area contributed by atoms with E-state index in [2.05, 4.69) is 26.0 Å². The molecule has 38 heavy (non-hydrogen) atoms. The van der Waals surface area contributed by atoms with Gasteiger partial charge in [0.25, 0.3) is 5.56 Å². The zero-order chi connectivity index (χ0) is 27.0. The molecule has 11 heteroatoms. The summed E-state index contributed by atoms with van der Waals surface area (Å²) in [6.45, 7) is 1.40. The maximum absolute atomic E-state index is 13.5. The molecule has 0 saturated carbocycles. The van der Waals surface area contributed by atoms with Gasteiger partial charge < -0.3 is 19.0 Å². The van der Waals surface area contributed by atoms with Crippen molar-refractivity contribution in [3.63, 3.8) is 0 Å². The largest absolute Gasteiger partial charge is 0.496 e. The molecule has 0 unspecified atom stereocenters. The molecule has 0 aliphatic carbocycles. The minimum Gasteiger partial charge on any atom is -0.496 e. The van der Waals surface area contributed by atoms with E-state index in [1.165, 1.54) is 13.1 Å². The molecule has 0 bridgehead atoms. The number of aliphatic carboxylic acids is 1. The van der Waals surface area contributed by atoms with Gasteiger partial charge in [-0.25, -0.2) is 9.78 Å². The molecule has 0 aliphatic heterocycles. The number of hydrogen-bond donors (Lipinski definition) is 1. The number of carbonyl (C=O) groups is 1. The Kier molecular flexibility index (Phi) is 6.92. The van der Waals surface area contributed by atoms with E-state index in [1.54, 1.807) is 61.7 Å². The van der Waals surface area contributed by atoms with Crippen LogP contribution in [-0.2, 0) is 4.79 Å². The Morgan fingerprint density at radius 1 is 1.18 bits per heavy atom. The van der Waals surface area contributed by atoms with Crippen LogP contribution in [-0.4, -0.2) is 40.2 Å². The van der Waals surface area contributed by atoms with Crippen molar-refractivity contribution in [1.82, 2.24) is 9.66 Å². The lowest BCUT2D eigenvalue weighted by Gasteiger charge is -2.14. The summed E-state index contributed by atoms with van der Waals surface area (Å²) in [6, 6.07) is 17.3. The standard InChI is InChI=1S/C27H19BrClN3O6/c1-14(27(34)35)37-24-18(28)10-15(11-19(24)29)13-30-32-25(31-20-7-4-3-6-16(20)26(32)33)23-12-17-21(36-2)8-5-9-22(17)38-23/h3-14H,1-2H3,(H,34,35)/t14-/m1/s1. The lowest BCUT2D eigenvalue weighted by Crippen LogP contribution is -2.23. The summed E-state index contributed by atoms with van der Waals surface area (Å²) >= 11 is 9.72. The van der Waals surface area contributed by atoms with Crippen LogP contribution in [0.3, 0.4) is 0 Å². The average molecular weight is 597 g/mol. The summed E-state index contributed by atoms with van der Waals surface area (Å²) < 4.78 is 18.5. The first-order chi connectivity index (χ1) is 18.3. The Labute approximate surface area is 229 Å². The molecule has 9 nitrogen and oxygen atoms in total. The molecular formula is C27H19BrClN3O6. The van der Waals surface area contributed by atoms with E-state index in [0.717, 1.165) is 10.1 Å². The van der Waals surface area contributed by atoms with Crippen LogP contribution in [0.15, 0.2) is 79.4 Å². The molecule has 1 atom stereocenters. The fourth-order valence-corrected chi connectivity index (χ4v) is 4.79. The number of nitrogens with zero attached hydrogens (tertiary/aromatic N) is 3. The molecule has 0 fully saturated rings. The molecule has 192 valence electrons. The van der Waals surface area contributed by atoms with Crippen molar-refractivity contribution in [1.29, 1.82) is 0 Å². The van der Waals surface area contributed by atoms with E-state index in [0.29, 0.717) is 38.0 Å². The van der Waals surface area contributed by atoms with Gasteiger partial charge in [-0.05, 0) is 70.9 Å². The number of carboxylic acid groups (broad SMARTS) is 1. The Hall–Kier alpha value is -4.15. The molecule has 2 heterocycles. The fourth-order valence-electron chi connectivity index (χ4n) is 3.83. The maximum atomic E-state index is 13.5. The molecule has 0 saturated heterocycles. The first-order valence-corrected chi connectivity index (χ1v) is 12.5. The normalized spacial score (nSPS) is 12.3. The van der Waals surface area contributed by atoms with E-state index in [-0.39, 0.29) is 16.6 Å². The van der Waals surface area contributed by atoms with Gasteiger partial charge >= 0.3 is 5.97 Å². The summed E-state index contributed by atoms with van der Waals surface area (Å²) in [5, 5.41) is 14.8. The van der Waals surface area contributed by atoms with Gasteiger partial charge in [-0.3, -0.25) is 4.79 Å². The number of methoxy groups -OCH3 is 1. The molecule has 2 aromatic heterocycles. The summed E-state index contributed by atoms with van der Waals surface area (Å²) in [4.78, 5) is 29.3. The molecule has 0 radical (unpaired) electrons. The molecule has 0 aliphatic rings. The van der Waals surface area contributed by atoms with Gasteiger partial charge in [0.1, 0.15) is 11.3 Å². The monoisotopic (exact) mass is 595 g/mol. The highest BCUT2D eigenvalue weighted by molar-refractivity contribution is 9.10. The topological polar surface area (TPSA) is 116 Å². The third-order valence-corrected chi connectivity index (χ3v) is 6.57. The molecule has 1 N–H and O–H groups in total. The number of fused-ring (bicyclic) bond motifs is 2. The SMILES string of the molecule is COc1cccc2oc(-c3nc4ccccc4c(=O)n3N=Cc3cc(Cl)c(O[C@H](C)C(=O)O)c(Br)c3)cc12. The first-order valence-electron chi connectivity index (χ1n) is 11.3. The summed E-state index contributed by atoms with van der Waals surface area (Å²) in [6.07, 6.45) is 0.335. The zero-order valence-corrected chi connectivity index (χ0v) is 22.4. The minimum absolute atomic E-state index is 0.169. The fraction of sp³-hybridized carbons (Fsp3) is 0.111. The number of rotatable bonds is 7. The predicted octanol–water partition coefficient (Wildman–Crippen LogP) is 5.97. The number of furan rings is 1. The van der Waals surface area contributed by atoms with Crippen LogP contribution in [0.1, 0.15) is 12.5 Å². The van der Waals surface area contributed by atoms with Crippen LogP contribution in [0.2, 0.25) is 5.02 Å². The van der Waals surface area contributed by atoms with Gasteiger partial charge in [-0.1, -0.05) is 29.8 Å². The Morgan fingerprint density at radius 2 is 1.97 bits per heavy atom. The van der Waals surface area contributed by atoms with Crippen LogP contribution in [0.25, 0.3) is 33.5 Å².